The number of aromatic nitrogens is 2. The number of hydrogen-bond acceptors (Lipinski definition) is 8. The van der Waals surface area contributed by atoms with E-state index in [-0.39, 0.29) is 18.9 Å². The Morgan fingerprint density at radius 1 is 1.31 bits per heavy atom. The quantitative estimate of drug-likeness (QED) is 0.561. The lowest BCUT2D eigenvalue weighted by molar-refractivity contribution is -0.125. The average molecular weight is 448 g/mol. The number of alkyl halides is 1. The molecule has 3 atom stereocenters. The van der Waals surface area contributed by atoms with Gasteiger partial charge in [0.2, 0.25) is 11.8 Å². The van der Waals surface area contributed by atoms with Crippen LogP contribution in [0.15, 0.2) is 22.7 Å². The molecule has 9 nitrogen and oxygen atoms in total. The van der Waals surface area contributed by atoms with Crippen LogP contribution in [0.1, 0.15) is 49.1 Å². The Kier molecular flexibility index (Phi) is 7.21. The van der Waals surface area contributed by atoms with Gasteiger partial charge in [0, 0.05) is 25.9 Å². The van der Waals surface area contributed by atoms with Crippen molar-refractivity contribution >= 4 is 5.91 Å². The number of ether oxygens (including phenoxy) is 2. The van der Waals surface area contributed by atoms with E-state index in [1.54, 1.807) is 30.0 Å². The highest BCUT2D eigenvalue weighted by Gasteiger charge is 2.34. The number of benzene rings is 1. The van der Waals surface area contributed by atoms with E-state index in [9.17, 15) is 14.3 Å². The molecule has 174 valence electrons. The molecule has 2 aliphatic rings. The van der Waals surface area contributed by atoms with Crippen LogP contribution in [-0.2, 0) is 11.2 Å². The maximum atomic E-state index is 13.9. The Balaban J connectivity index is 1.37. The highest BCUT2D eigenvalue weighted by atomic mass is 19.1. The van der Waals surface area contributed by atoms with Crippen LogP contribution in [0.25, 0.3) is 0 Å². The van der Waals surface area contributed by atoms with Crippen LogP contribution in [0.3, 0.4) is 0 Å². The smallest absolute Gasteiger partial charge is 0.226 e. The fraction of sp³-hybridized carbons (Fsp3) is 0.591. The van der Waals surface area contributed by atoms with Crippen molar-refractivity contribution in [2.75, 3.05) is 26.3 Å². The number of amides is 1. The molecular weight excluding hydrogens is 419 g/mol. The second kappa shape index (κ2) is 10.3. The number of halogens is 1. The van der Waals surface area contributed by atoms with Gasteiger partial charge in [0.15, 0.2) is 17.3 Å². The lowest BCUT2D eigenvalue weighted by atomic mass is 10.0. The summed E-state index contributed by atoms with van der Waals surface area (Å²) in [5, 5.41) is 17.8. The van der Waals surface area contributed by atoms with Crippen LogP contribution in [0, 0.1) is 6.92 Å². The number of nitrogens with zero attached hydrogens (tertiary/aromatic N) is 3. The molecule has 2 aliphatic heterocycles. The van der Waals surface area contributed by atoms with Gasteiger partial charge in [0.1, 0.15) is 31.7 Å². The van der Waals surface area contributed by atoms with E-state index in [0.717, 1.165) is 6.42 Å². The minimum atomic E-state index is -1.04. The highest BCUT2D eigenvalue weighted by molar-refractivity contribution is 5.76. The van der Waals surface area contributed by atoms with E-state index >= 15 is 0 Å². The fourth-order valence-electron chi connectivity index (χ4n) is 4.03. The van der Waals surface area contributed by atoms with E-state index in [0.29, 0.717) is 67.8 Å². The molecule has 1 aromatic heterocycles. The van der Waals surface area contributed by atoms with Gasteiger partial charge in [-0.2, -0.15) is 4.98 Å². The molecule has 1 fully saturated rings. The molecule has 0 radical (unpaired) electrons. The average Bonchev–Trinajstić information content (AvgIpc) is 3.42. The summed E-state index contributed by atoms with van der Waals surface area (Å²) >= 11 is 0. The molecule has 2 N–H and O–H groups in total. The summed E-state index contributed by atoms with van der Waals surface area (Å²) in [6.07, 6.45) is -0.126. The van der Waals surface area contributed by atoms with Crippen molar-refractivity contribution < 1.29 is 28.3 Å². The molecule has 3 heterocycles. The van der Waals surface area contributed by atoms with Gasteiger partial charge in [-0.25, -0.2) is 4.39 Å². The number of rotatable bonds is 9. The van der Waals surface area contributed by atoms with Crippen molar-refractivity contribution in [3.8, 4) is 11.5 Å². The lowest BCUT2D eigenvalue weighted by Crippen LogP contribution is -2.51. The molecule has 10 heteroatoms. The molecule has 4 rings (SSSR count). The van der Waals surface area contributed by atoms with E-state index in [1.807, 2.05) is 0 Å². The number of aryl methyl sites for hydroxylation is 2. The Hall–Kier alpha value is -2.72. The van der Waals surface area contributed by atoms with Crippen LogP contribution in [0.5, 0.6) is 11.5 Å². The third-order valence-electron chi connectivity index (χ3n) is 5.69. The topological polar surface area (TPSA) is 110 Å². The lowest BCUT2D eigenvalue weighted by Gasteiger charge is -2.33. The fourth-order valence-corrected chi connectivity index (χ4v) is 4.03. The first-order valence-corrected chi connectivity index (χ1v) is 11.0. The third-order valence-corrected chi connectivity index (χ3v) is 5.69. The van der Waals surface area contributed by atoms with Crippen molar-refractivity contribution in [2.24, 2.45) is 0 Å². The minimum absolute atomic E-state index is 0.170. The maximum Gasteiger partial charge on any atom is 0.226 e. The number of aliphatic hydroxyl groups excluding tert-OH is 1. The first-order valence-electron chi connectivity index (χ1n) is 11.0. The van der Waals surface area contributed by atoms with Gasteiger partial charge in [0.05, 0.1) is 0 Å². The van der Waals surface area contributed by atoms with Crippen molar-refractivity contribution in [2.45, 2.75) is 57.5 Å². The van der Waals surface area contributed by atoms with E-state index in [1.165, 1.54) is 0 Å². The summed E-state index contributed by atoms with van der Waals surface area (Å²) in [6.45, 7) is 3.30. The zero-order valence-electron chi connectivity index (χ0n) is 18.1. The molecule has 0 saturated carbocycles. The van der Waals surface area contributed by atoms with Gasteiger partial charge in [-0.1, -0.05) is 11.2 Å². The zero-order chi connectivity index (χ0) is 22.5. The summed E-state index contributed by atoms with van der Waals surface area (Å²) < 4.78 is 30.1. The predicted molar refractivity (Wildman–Crippen MR) is 112 cm³/mol. The minimum Gasteiger partial charge on any atom is -0.486 e. The van der Waals surface area contributed by atoms with Gasteiger partial charge < -0.3 is 24.4 Å². The van der Waals surface area contributed by atoms with Gasteiger partial charge in [0.25, 0.3) is 0 Å². The molecule has 1 amide bonds. The van der Waals surface area contributed by atoms with Crippen LogP contribution in [-0.4, -0.2) is 64.7 Å². The van der Waals surface area contributed by atoms with Crippen LogP contribution >= 0.6 is 0 Å². The van der Waals surface area contributed by atoms with Crippen molar-refractivity contribution in [3.63, 3.8) is 0 Å². The SMILES string of the molecule is Cc1noc(CCCCC(=O)NC([C@H](O)c2ccc3c(c2)OCCO3)N2CC[C@@H](F)C2)n1. The third kappa shape index (κ3) is 5.55. The van der Waals surface area contributed by atoms with E-state index < -0.39 is 18.4 Å². The summed E-state index contributed by atoms with van der Waals surface area (Å²) in [5.41, 5.74) is 0.577. The number of unbranched alkanes of at least 4 members (excludes halogenated alkanes) is 1. The number of aliphatic hydroxyl groups is 1. The second-order valence-electron chi connectivity index (χ2n) is 8.18. The van der Waals surface area contributed by atoms with Crippen molar-refractivity contribution in [1.82, 2.24) is 20.4 Å². The van der Waals surface area contributed by atoms with E-state index in [4.69, 9.17) is 14.0 Å². The molecule has 0 bridgehead atoms. The molecule has 2 aromatic rings. The van der Waals surface area contributed by atoms with Crippen molar-refractivity contribution in [1.29, 1.82) is 0 Å². The Labute approximate surface area is 185 Å². The molecule has 1 aromatic carbocycles. The number of nitrogens with one attached hydrogen (secondary N) is 1. The van der Waals surface area contributed by atoms with Crippen LogP contribution in [0.2, 0.25) is 0 Å². The summed E-state index contributed by atoms with van der Waals surface area (Å²) in [6, 6.07) is 5.20. The van der Waals surface area contributed by atoms with Crippen molar-refractivity contribution in [3.05, 3.63) is 35.5 Å². The van der Waals surface area contributed by atoms with Gasteiger partial charge in [-0.15, -0.1) is 0 Å². The largest absolute Gasteiger partial charge is 0.486 e. The number of hydrogen-bond donors (Lipinski definition) is 2. The molecule has 0 aliphatic carbocycles. The van der Waals surface area contributed by atoms with Gasteiger partial charge >= 0.3 is 0 Å². The zero-order valence-corrected chi connectivity index (χ0v) is 18.1. The van der Waals surface area contributed by atoms with Gasteiger partial charge in [-0.05, 0) is 43.9 Å². The molecule has 1 unspecified atom stereocenters. The molecule has 1 saturated heterocycles. The summed E-state index contributed by atoms with van der Waals surface area (Å²) in [4.78, 5) is 18.6. The maximum absolute atomic E-state index is 13.9. The Bertz CT molecular complexity index is 923. The first kappa shape index (κ1) is 22.5. The monoisotopic (exact) mass is 448 g/mol. The second-order valence-corrected chi connectivity index (χ2v) is 8.18. The Morgan fingerprint density at radius 2 is 2.12 bits per heavy atom. The van der Waals surface area contributed by atoms with Crippen LogP contribution < -0.4 is 14.8 Å². The number of fused-ring (bicyclic) bond motifs is 1. The first-order chi connectivity index (χ1) is 15.5. The predicted octanol–water partition coefficient (Wildman–Crippen LogP) is 2.08. The summed E-state index contributed by atoms with van der Waals surface area (Å²) in [5.74, 6) is 2.12. The highest BCUT2D eigenvalue weighted by Crippen LogP contribution is 2.34. The van der Waals surface area contributed by atoms with Crippen LogP contribution in [0.4, 0.5) is 4.39 Å². The molecule has 32 heavy (non-hydrogen) atoms. The standard InChI is InChI=1S/C22H29FN4O5/c1-14-24-20(32-26-14)5-3-2-4-19(28)25-22(27-9-8-16(23)13-27)21(29)15-6-7-17-18(12-15)31-11-10-30-17/h6-7,12,16,21-22,29H,2-5,8-11,13H2,1H3,(H,25,28)/t16-,21-,22?/m1/s1. The van der Waals surface area contributed by atoms with E-state index in [2.05, 4.69) is 15.5 Å². The molecular formula is C22H29FN4O5. The Morgan fingerprint density at radius 3 is 2.84 bits per heavy atom. The molecule has 0 spiro atoms. The number of carbonyl (C=O) groups is 1. The van der Waals surface area contributed by atoms with Gasteiger partial charge in [-0.3, -0.25) is 9.69 Å². The number of carbonyl (C=O) groups excluding carboxylic acids is 1. The normalized spacial score (nSPS) is 20.2. The summed E-state index contributed by atoms with van der Waals surface area (Å²) in [7, 11) is 0. The number of likely N-dealkylation sites (tertiary alicyclic amines) is 1.